The van der Waals surface area contributed by atoms with E-state index in [-0.39, 0.29) is 11.8 Å². The highest BCUT2D eigenvalue weighted by atomic mass is 32.2. The van der Waals surface area contributed by atoms with Gasteiger partial charge in [0.1, 0.15) is 0 Å². The lowest BCUT2D eigenvalue weighted by Crippen LogP contribution is -2.51. The van der Waals surface area contributed by atoms with Crippen LogP contribution in [-0.4, -0.2) is 72.5 Å². The maximum absolute atomic E-state index is 12.6. The molecule has 0 radical (unpaired) electrons. The van der Waals surface area contributed by atoms with Gasteiger partial charge in [0.2, 0.25) is 5.91 Å². The van der Waals surface area contributed by atoms with Crippen LogP contribution < -0.4 is 0 Å². The summed E-state index contributed by atoms with van der Waals surface area (Å²) in [6, 6.07) is 17.7. The lowest BCUT2D eigenvalue weighted by molar-refractivity contribution is -0.132. The van der Waals surface area contributed by atoms with Crippen LogP contribution in [0.1, 0.15) is 15.9 Å². The second-order valence-electron chi connectivity index (χ2n) is 7.03. The van der Waals surface area contributed by atoms with Crippen LogP contribution in [0.3, 0.4) is 0 Å². The molecule has 2 amide bonds. The van der Waals surface area contributed by atoms with Crippen molar-refractivity contribution >= 4 is 23.6 Å². The molecule has 1 aliphatic rings. The number of likely N-dealkylation sites (N-methyl/N-ethyl adjacent to an activating group) is 1. The molecule has 2 aromatic carbocycles. The minimum absolute atomic E-state index is 0.0670. The predicted molar refractivity (Wildman–Crippen MR) is 113 cm³/mol. The largest absolute Gasteiger partial charge is 0.340 e. The van der Waals surface area contributed by atoms with Gasteiger partial charge in [-0.05, 0) is 36.1 Å². The first-order valence-electron chi connectivity index (χ1n) is 9.50. The van der Waals surface area contributed by atoms with Crippen LogP contribution in [0.15, 0.2) is 59.5 Å². The molecule has 0 unspecified atom stereocenters. The zero-order valence-corrected chi connectivity index (χ0v) is 17.3. The SMILES string of the molecule is CSc1ccc(CN(C)C(=O)CN2CCN(C(=O)c3ccccc3)CC2)cc1. The monoisotopic (exact) mass is 397 g/mol. The lowest BCUT2D eigenvalue weighted by Gasteiger charge is -2.35. The number of hydrogen-bond acceptors (Lipinski definition) is 4. The fourth-order valence-electron chi connectivity index (χ4n) is 3.28. The normalized spacial score (nSPS) is 14.7. The molecule has 5 nitrogen and oxygen atoms in total. The minimum Gasteiger partial charge on any atom is -0.340 e. The number of carbonyl (C=O) groups excluding carboxylic acids is 2. The van der Waals surface area contributed by atoms with Gasteiger partial charge in [0, 0.05) is 50.2 Å². The highest BCUT2D eigenvalue weighted by Gasteiger charge is 2.24. The summed E-state index contributed by atoms with van der Waals surface area (Å²) < 4.78 is 0. The van der Waals surface area contributed by atoms with Crippen LogP contribution in [0.5, 0.6) is 0 Å². The average molecular weight is 398 g/mol. The van der Waals surface area contributed by atoms with Crippen LogP contribution >= 0.6 is 11.8 Å². The Morgan fingerprint density at radius 1 is 0.964 bits per heavy atom. The van der Waals surface area contributed by atoms with E-state index < -0.39 is 0 Å². The molecule has 6 heteroatoms. The Morgan fingerprint density at radius 3 is 2.21 bits per heavy atom. The van der Waals surface area contributed by atoms with E-state index in [0.717, 1.165) is 24.2 Å². The fourth-order valence-corrected chi connectivity index (χ4v) is 3.69. The molecule has 0 saturated carbocycles. The van der Waals surface area contributed by atoms with Gasteiger partial charge < -0.3 is 9.80 Å². The van der Waals surface area contributed by atoms with Gasteiger partial charge in [-0.3, -0.25) is 14.5 Å². The van der Waals surface area contributed by atoms with Crippen molar-refractivity contribution < 1.29 is 9.59 Å². The van der Waals surface area contributed by atoms with Crippen molar-refractivity contribution in [3.63, 3.8) is 0 Å². The summed E-state index contributed by atoms with van der Waals surface area (Å²) in [6.07, 6.45) is 2.05. The molecule has 2 aromatic rings. The van der Waals surface area contributed by atoms with Crippen molar-refractivity contribution in [2.24, 2.45) is 0 Å². The average Bonchev–Trinajstić information content (AvgIpc) is 2.75. The number of carbonyl (C=O) groups is 2. The molecular weight excluding hydrogens is 370 g/mol. The van der Waals surface area contributed by atoms with E-state index in [0.29, 0.717) is 26.2 Å². The molecule has 0 bridgehead atoms. The molecule has 1 fully saturated rings. The first-order valence-corrected chi connectivity index (χ1v) is 10.7. The van der Waals surface area contributed by atoms with Gasteiger partial charge in [-0.25, -0.2) is 0 Å². The second kappa shape index (κ2) is 9.75. The van der Waals surface area contributed by atoms with Crippen molar-refractivity contribution in [2.75, 3.05) is 46.0 Å². The summed E-state index contributed by atoms with van der Waals surface area (Å²) in [7, 11) is 1.85. The van der Waals surface area contributed by atoms with E-state index in [1.807, 2.05) is 42.3 Å². The maximum Gasteiger partial charge on any atom is 0.253 e. The molecule has 0 N–H and O–H groups in total. The zero-order valence-electron chi connectivity index (χ0n) is 16.5. The first kappa shape index (κ1) is 20.4. The van der Waals surface area contributed by atoms with Gasteiger partial charge in [-0.2, -0.15) is 0 Å². The fraction of sp³-hybridized carbons (Fsp3) is 0.364. The molecule has 1 aliphatic heterocycles. The third-order valence-corrected chi connectivity index (χ3v) is 5.79. The number of amides is 2. The Bertz CT molecular complexity index is 787. The molecular formula is C22H27N3O2S. The van der Waals surface area contributed by atoms with E-state index >= 15 is 0 Å². The number of hydrogen-bond donors (Lipinski definition) is 0. The predicted octanol–water partition coefficient (Wildman–Crippen LogP) is 2.82. The molecule has 0 atom stereocenters. The molecule has 0 spiro atoms. The maximum atomic E-state index is 12.6. The summed E-state index contributed by atoms with van der Waals surface area (Å²) >= 11 is 1.71. The molecule has 3 rings (SSSR count). The first-order chi connectivity index (χ1) is 13.6. The van der Waals surface area contributed by atoms with Crippen molar-refractivity contribution in [3.8, 4) is 0 Å². The van der Waals surface area contributed by atoms with Gasteiger partial charge in [-0.1, -0.05) is 30.3 Å². The summed E-state index contributed by atoms with van der Waals surface area (Å²) in [5.74, 6) is 0.175. The van der Waals surface area contributed by atoms with E-state index in [1.54, 1.807) is 16.7 Å². The zero-order chi connectivity index (χ0) is 19.9. The van der Waals surface area contributed by atoms with Crippen molar-refractivity contribution in [1.29, 1.82) is 0 Å². The summed E-state index contributed by atoms with van der Waals surface area (Å²) in [4.78, 5) is 32.1. The van der Waals surface area contributed by atoms with Gasteiger partial charge in [0.25, 0.3) is 5.91 Å². The van der Waals surface area contributed by atoms with Crippen molar-refractivity contribution in [2.45, 2.75) is 11.4 Å². The van der Waals surface area contributed by atoms with Crippen LogP contribution in [0.2, 0.25) is 0 Å². The lowest BCUT2D eigenvalue weighted by atomic mass is 10.2. The van der Waals surface area contributed by atoms with Gasteiger partial charge in [0.15, 0.2) is 0 Å². The third kappa shape index (κ3) is 5.36. The van der Waals surface area contributed by atoms with Crippen LogP contribution in [0.25, 0.3) is 0 Å². The van der Waals surface area contributed by atoms with Gasteiger partial charge in [0.05, 0.1) is 6.54 Å². The number of thioether (sulfide) groups is 1. The minimum atomic E-state index is 0.0670. The number of benzene rings is 2. The summed E-state index contributed by atoms with van der Waals surface area (Å²) in [6.45, 7) is 3.76. The summed E-state index contributed by atoms with van der Waals surface area (Å²) in [5.41, 5.74) is 1.85. The Balaban J connectivity index is 1.45. The van der Waals surface area contributed by atoms with Crippen LogP contribution in [-0.2, 0) is 11.3 Å². The number of piperazine rings is 1. The second-order valence-corrected chi connectivity index (χ2v) is 7.91. The highest BCUT2D eigenvalue weighted by Crippen LogP contribution is 2.16. The van der Waals surface area contributed by atoms with E-state index in [9.17, 15) is 9.59 Å². The Hall–Kier alpha value is -2.31. The Labute approximate surface area is 171 Å². The highest BCUT2D eigenvalue weighted by molar-refractivity contribution is 7.98. The van der Waals surface area contributed by atoms with E-state index in [4.69, 9.17) is 0 Å². The molecule has 1 heterocycles. The van der Waals surface area contributed by atoms with E-state index in [1.165, 1.54) is 4.90 Å². The topological polar surface area (TPSA) is 43.9 Å². The number of nitrogens with zero attached hydrogens (tertiary/aromatic N) is 3. The van der Waals surface area contributed by atoms with Crippen molar-refractivity contribution in [3.05, 3.63) is 65.7 Å². The molecule has 28 heavy (non-hydrogen) atoms. The molecule has 0 aromatic heterocycles. The van der Waals surface area contributed by atoms with Crippen molar-refractivity contribution in [1.82, 2.24) is 14.7 Å². The smallest absolute Gasteiger partial charge is 0.253 e. The van der Waals surface area contributed by atoms with E-state index in [2.05, 4.69) is 35.4 Å². The standard InChI is InChI=1S/C22H27N3O2S/c1-23(16-18-8-10-20(28-2)11-9-18)21(26)17-24-12-14-25(15-13-24)22(27)19-6-4-3-5-7-19/h3-11H,12-17H2,1-2H3. The Morgan fingerprint density at radius 2 is 1.61 bits per heavy atom. The molecule has 148 valence electrons. The quantitative estimate of drug-likeness (QED) is 0.703. The molecule has 0 aliphatic carbocycles. The van der Waals surface area contributed by atoms with Gasteiger partial charge >= 0.3 is 0 Å². The summed E-state index contributed by atoms with van der Waals surface area (Å²) in [5, 5.41) is 0. The number of rotatable bonds is 6. The Kier molecular flexibility index (Phi) is 7.12. The van der Waals surface area contributed by atoms with Gasteiger partial charge in [-0.15, -0.1) is 11.8 Å². The molecule has 1 saturated heterocycles. The van der Waals surface area contributed by atoms with Crippen LogP contribution in [0.4, 0.5) is 0 Å². The van der Waals surface area contributed by atoms with Crippen LogP contribution in [0, 0.1) is 0 Å². The third-order valence-electron chi connectivity index (χ3n) is 5.04.